The molecular weight excluding hydrogens is 205 g/mol. The van der Waals surface area contributed by atoms with Gasteiger partial charge < -0.3 is 9.73 Å². The summed E-state index contributed by atoms with van der Waals surface area (Å²) < 4.78 is 18.1. The predicted octanol–water partition coefficient (Wildman–Crippen LogP) is 2.92. The van der Waals surface area contributed by atoms with Crippen molar-refractivity contribution in [2.24, 2.45) is 0 Å². The molecule has 2 aromatic rings. The molecule has 1 N–H and O–H groups in total. The average Bonchev–Trinajstić information content (AvgIpc) is 2.82. The van der Waals surface area contributed by atoms with Crippen molar-refractivity contribution in [3.63, 3.8) is 0 Å². The van der Waals surface area contributed by atoms with Crippen LogP contribution in [-0.2, 0) is 6.42 Å². The van der Waals surface area contributed by atoms with Gasteiger partial charge in [-0.15, -0.1) is 0 Å². The second-order valence-corrected chi connectivity index (χ2v) is 3.69. The Bertz CT molecular complexity index is 422. The summed E-state index contributed by atoms with van der Waals surface area (Å²) in [5, 5.41) is 3.18. The molecule has 0 amide bonds. The van der Waals surface area contributed by atoms with Crippen LogP contribution in [0.4, 0.5) is 4.39 Å². The normalized spacial score (nSPS) is 12.6. The van der Waals surface area contributed by atoms with Crippen molar-refractivity contribution >= 4 is 0 Å². The average molecular weight is 219 g/mol. The van der Waals surface area contributed by atoms with Gasteiger partial charge in [0.15, 0.2) is 0 Å². The summed E-state index contributed by atoms with van der Waals surface area (Å²) in [6.07, 6.45) is 2.44. The third-order valence-electron chi connectivity index (χ3n) is 2.59. The molecule has 1 atom stereocenters. The van der Waals surface area contributed by atoms with Crippen LogP contribution >= 0.6 is 0 Å². The van der Waals surface area contributed by atoms with E-state index in [4.69, 9.17) is 4.42 Å². The molecule has 2 rings (SSSR count). The van der Waals surface area contributed by atoms with E-state index in [0.29, 0.717) is 0 Å². The van der Waals surface area contributed by atoms with E-state index in [1.165, 1.54) is 12.1 Å². The Morgan fingerprint density at radius 2 is 2.00 bits per heavy atom. The SMILES string of the molecule is CN[C@H](Cc1ccc(F)cc1)c1ccco1. The topological polar surface area (TPSA) is 25.2 Å². The van der Waals surface area contributed by atoms with Crippen LogP contribution in [0, 0.1) is 5.82 Å². The number of hydrogen-bond acceptors (Lipinski definition) is 2. The standard InChI is InChI=1S/C13H14FNO/c1-15-12(13-3-2-8-16-13)9-10-4-6-11(14)7-5-10/h2-8,12,15H,9H2,1H3/t12-/m1/s1. The molecule has 2 nitrogen and oxygen atoms in total. The fourth-order valence-electron chi connectivity index (χ4n) is 1.69. The Balaban J connectivity index is 2.10. The summed E-state index contributed by atoms with van der Waals surface area (Å²) in [7, 11) is 1.89. The Kier molecular flexibility index (Phi) is 3.37. The summed E-state index contributed by atoms with van der Waals surface area (Å²) in [4.78, 5) is 0. The first kappa shape index (κ1) is 10.9. The lowest BCUT2D eigenvalue weighted by atomic mass is 10.0. The van der Waals surface area contributed by atoms with Gasteiger partial charge in [-0.25, -0.2) is 4.39 Å². The van der Waals surface area contributed by atoms with Gasteiger partial charge in [0.25, 0.3) is 0 Å². The van der Waals surface area contributed by atoms with Gasteiger partial charge in [-0.05, 0) is 43.3 Å². The highest BCUT2D eigenvalue weighted by Crippen LogP contribution is 2.18. The molecule has 1 heterocycles. The van der Waals surface area contributed by atoms with Crippen LogP contribution in [-0.4, -0.2) is 7.05 Å². The lowest BCUT2D eigenvalue weighted by Gasteiger charge is -2.13. The quantitative estimate of drug-likeness (QED) is 0.855. The van der Waals surface area contributed by atoms with Gasteiger partial charge in [0.1, 0.15) is 11.6 Å². The van der Waals surface area contributed by atoms with Crippen LogP contribution in [0.1, 0.15) is 17.4 Å². The summed E-state index contributed by atoms with van der Waals surface area (Å²) in [6.45, 7) is 0. The van der Waals surface area contributed by atoms with Crippen LogP contribution < -0.4 is 5.32 Å². The van der Waals surface area contributed by atoms with Crippen molar-refractivity contribution < 1.29 is 8.81 Å². The Morgan fingerprint density at radius 3 is 2.56 bits per heavy atom. The lowest BCUT2D eigenvalue weighted by Crippen LogP contribution is -2.18. The third-order valence-corrected chi connectivity index (χ3v) is 2.59. The van der Waals surface area contributed by atoms with Crippen molar-refractivity contribution in [3.8, 4) is 0 Å². The minimum absolute atomic E-state index is 0.125. The van der Waals surface area contributed by atoms with E-state index >= 15 is 0 Å². The van der Waals surface area contributed by atoms with E-state index in [-0.39, 0.29) is 11.9 Å². The lowest BCUT2D eigenvalue weighted by molar-refractivity contribution is 0.429. The number of benzene rings is 1. The summed E-state index contributed by atoms with van der Waals surface area (Å²) in [5.74, 6) is 0.689. The predicted molar refractivity (Wildman–Crippen MR) is 60.6 cm³/mol. The second-order valence-electron chi connectivity index (χ2n) is 3.69. The van der Waals surface area contributed by atoms with Gasteiger partial charge in [0.05, 0.1) is 12.3 Å². The Morgan fingerprint density at radius 1 is 1.25 bits per heavy atom. The molecule has 1 aromatic carbocycles. The van der Waals surface area contributed by atoms with Crippen molar-refractivity contribution in [2.75, 3.05) is 7.05 Å². The van der Waals surface area contributed by atoms with Crippen molar-refractivity contribution in [1.82, 2.24) is 5.32 Å². The minimum Gasteiger partial charge on any atom is -0.468 e. The van der Waals surface area contributed by atoms with Crippen LogP contribution in [0.2, 0.25) is 0 Å². The fourth-order valence-corrected chi connectivity index (χ4v) is 1.69. The molecule has 3 heteroatoms. The van der Waals surface area contributed by atoms with E-state index in [9.17, 15) is 4.39 Å². The van der Waals surface area contributed by atoms with E-state index in [1.54, 1.807) is 18.4 Å². The first-order valence-electron chi connectivity index (χ1n) is 5.24. The molecule has 0 spiro atoms. The molecule has 0 bridgehead atoms. The van der Waals surface area contributed by atoms with Crippen molar-refractivity contribution in [3.05, 3.63) is 59.8 Å². The molecule has 0 aliphatic heterocycles. The molecular formula is C13H14FNO. The summed E-state index contributed by atoms with van der Waals surface area (Å²) in [6, 6.07) is 10.5. The maximum Gasteiger partial charge on any atom is 0.123 e. The summed E-state index contributed by atoms with van der Waals surface area (Å²) >= 11 is 0. The zero-order valence-electron chi connectivity index (χ0n) is 9.11. The first-order chi connectivity index (χ1) is 7.79. The van der Waals surface area contributed by atoms with Gasteiger partial charge in [0, 0.05) is 0 Å². The smallest absolute Gasteiger partial charge is 0.123 e. The van der Waals surface area contributed by atoms with Gasteiger partial charge in [-0.3, -0.25) is 0 Å². The van der Waals surface area contributed by atoms with Crippen molar-refractivity contribution in [2.45, 2.75) is 12.5 Å². The molecule has 0 aliphatic rings. The molecule has 84 valence electrons. The first-order valence-corrected chi connectivity index (χ1v) is 5.24. The molecule has 0 unspecified atom stereocenters. The maximum atomic E-state index is 12.7. The number of furan rings is 1. The number of rotatable bonds is 4. The Hall–Kier alpha value is -1.61. The van der Waals surface area contributed by atoms with Crippen LogP contribution in [0.25, 0.3) is 0 Å². The molecule has 0 saturated heterocycles. The van der Waals surface area contributed by atoms with Crippen LogP contribution in [0.3, 0.4) is 0 Å². The maximum absolute atomic E-state index is 12.7. The third kappa shape index (κ3) is 2.49. The highest BCUT2D eigenvalue weighted by molar-refractivity contribution is 5.19. The van der Waals surface area contributed by atoms with E-state index in [2.05, 4.69) is 5.32 Å². The molecule has 1 aromatic heterocycles. The number of likely N-dealkylation sites (N-methyl/N-ethyl adjacent to an activating group) is 1. The zero-order valence-corrected chi connectivity index (χ0v) is 9.11. The molecule has 0 saturated carbocycles. The van der Waals surface area contributed by atoms with E-state index in [0.717, 1.165) is 17.7 Å². The van der Waals surface area contributed by atoms with Crippen LogP contribution in [0.5, 0.6) is 0 Å². The minimum atomic E-state index is -0.206. The van der Waals surface area contributed by atoms with Gasteiger partial charge in [-0.1, -0.05) is 12.1 Å². The van der Waals surface area contributed by atoms with Gasteiger partial charge >= 0.3 is 0 Å². The van der Waals surface area contributed by atoms with Gasteiger partial charge in [-0.2, -0.15) is 0 Å². The van der Waals surface area contributed by atoms with Gasteiger partial charge in [0.2, 0.25) is 0 Å². The molecule has 0 radical (unpaired) electrons. The number of hydrogen-bond donors (Lipinski definition) is 1. The van der Waals surface area contributed by atoms with E-state index in [1.807, 2.05) is 19.2 Å². The zero-order chi connectivity index (χ0) is 11.4. The molecule has 16 heavy (non-hydrogen) atoms. The number of halogens is 1. The van der Waals surface area contributed by atoms with Crippen LogP contribution in [0.15, 0.2) is 47.1 Å². The van der Waals surface area contributed by atoms with E-state index < -0.39 is 0 Å². The monoisotopic (exact) mass is 219 g/mol. The summed E-state index contributed by atoms with van der Waals surface area (Å²) in [5.41, 5.74) is 1.08. The van der Waals surface area contributed by atoms with Crippen molar-refractivity contribution in [1.29, 1.82) is 0 Å². The fraction of sp³-hybridized carbons (Fsp3) is 0.231. The second kappa shape index (κ2) is 4.94. The highest BCUT2D eigenvalue weighted by atomic mass is 19.1. The Labute approximate surface area is 94.1 Å². The largest absolute Gasteiger partial charge is 0.468 e. The molecule has 0 aliphatic carbocycles. The molecule has 0 fully saturated rings. The highest BCUT2D eigenvalue weighted by Gasteiger charge is 2.12. The number of nitrogens with one attached hydrogen (secondary N) is 1.